The largest absolute Gasteiger partial charge is 0.494 e. The van der Waals surface area contributed by atoms with Gasteiger partial charge in [0, 0.05) is 32.4 Å². The van der Waals surface area contributed by atoms with Crippen molar-refractivity contribution in [2.75, 3.05) is 97.5 Å². The first kappa shape index (κ1) is 47.7. The summed E-state index contributed by atoms with van der Waals surface area (Å²) in [7, 11) is 4.62. The van der Waals surface area contributed by atoms with E-state index in [1.165, 1.54) is 37.9 Å². The van der Waals surface area contributed by atoms with E-state index in [0.717, 1.165) is 12.4 Å². The lowest BCUT2D eigenvalue weighted by atomic mass is 10.1. The number of ketones is 1. The number of Topliss-reactive ketones (excluding diaryl/α,β-unsaturated/α-hetero) is 1. The van der Waals surface area contributed by atoms with Crippen molar-refractivity contribution in [1.82, 2.24) is 29.4 Å². The van der Waals surface area contributed by atoms with Crippen LogP contribution in [-0.2, 0) is 40.3 Å². The molecule has 2 amide bonds. The van der Waals surface area contributed by atoms with Crippen LogP contribution in [0.15, 0.2) is 65.8 Å². The van der Waals surface area contributed by atoms with Gasteiger partial charge in [-0.25, -0.2) is 24.1 Å². The molecule has 3 N–H and O–H groups in total. The number of halogens is 1. The molecule has 3 heterocycles. The number of nitrogens with one attached hydrogen (secondary N) is 3. The predicted octanol–water partition coefficient (Wildman–Crippen LogP) is 4.08. The Morgan fingerprint density at radius 1 is 0.794 bits per heavy atom. The van der Waals surface area contributed by atoms with Crippen molar-refractivity contribution in [3.05, 3.63) is 82.9 Å². The molecule has 0 aliphatic carbocycles. The highest BCUT2D eigenvalue weighted by molar-refractivity contribution is 6.01. The van der Waals surface area contributed by atoms with Crippen LogP contribution < -0.4 is 31.1 Å². The maximum absolute atomic E-state index is 13.5. The Balaban J connectivity index is 0.911. The first-order valence-electron chi connectivity index (χ1n) is 20.2. The van der Waals surface area contributed by atoms with E-state index in [1.54, 1.807) is 48.0 Å². The summed E-state index contributed by atoms with van der Waals surface area (Å²) in [5.74, 6) is -0.188. The molecule has 20 heteroatoms. The van der Waals surface area contributed by atoms with E-state index < -0.39 is 23.7 Å². The molecule has 2 aromatic carbocycles. The Labute approximate surface area is 363 Å². The molecule has 63 heavy (non-hydrogen) atoms. The number of para-hydroxylation sites is 1. The molecule has 0 radical (unpaired) electrons. The summed E-state index contributed by atoms with van der Waals surface area (Å²) in [6.07, 6.45) is 3.95. The molecule has 1 unspecified atom stereocenters. The van der Waals surface area contributed by atoms with Gasteiger partial charge in [-0.3, -0.25) is 23.5 Å². The third kappa shape index (κ3) is 13.3. The zero-order chi connectivity index (χ0) is 45.1. The highest BCUT2D eigenvalue weighted by atomic mass is 19.1. The molecule has 0 saturated carbocycles. The van der Waals surface area contributed by atoms with Crippen LogP contribution in [0, 0.1) is 5.82 Å². The van der Waals surface area contributed by atoms with Crippen molar-refractivity contribution in [1.29, 1.82) is 0 Å². The number of pyridine rings is 1. The number of anilines is 3. The second-order valence-corrected chi connectivity index (χ2v) is 13.7. The quantitative estimate of drug-likeness (QED) is 0.0634. The number of fused-ring (bicyclic) bond motifs is 1. The lowest BCUT2D eigenvalue weighted by Crippen LogP contribution is -2.29. The maximum atomic E-state index is 13.5. The third-order valence-electron chi connectivity index (χ3n) is 9.44. The van der Waals surface area contributed by atoms with Gasteiger partial charge in [-0.1, -0.05) is 13.0 Å². The number of aromatic nitrogens is 5. The molecule has 0 aliphatic rings. The van der Waals surface area contributed by atoms with Gasteiger partial charge in [0.15, 0.2) is 23.2 Å². The monoisotopic (exact) mass is 876 g/mol. The van der Waals surface area contributed by atoms with Crippen molar-refractivity contribution >= 4 is 45.8 Å². The molecule has 5 aromatic rings. The molecule has 19 nitrogen and oxygen atoms in total. The lowest BCUT2D eigenvalue weighted by Gasteiger charge is -2.17. The number of methoxy groups -OCH3 is 1. The first-order valence-corrected chi connectivity index (χ1v) is 20.2. The van der Waals surface area contributed by atoms with Crippen molar-refractivity contribution in [3.63, 3.8) is 0 Å². The van der Waals surface area contributed by atoms with Gasteiger partial charge in [0.1, 0.15) is 24.8 Å². The van der Waals surface area contributed by atoms with Crippen LogP contribution in [0.2, 0.25) is 0 Å². The predicted molar refractivity (Wildman–Crippen MR) is 230 cm³/mol. The first-order chi connectivity index (χ1) is 30.6. The van der Waals surface area contributed by atoms with Crippen LogP contribution in [0.25, 0.3) is 22.4 Å². The number of benzene rings is 2. The van der Waals surface area contributed by atoms with Crippen LogP contribution in [0.1, 0.15) is 36.7 Å². The van der Waals surface area contributed by atoms with Crippen molar-refractivity contribution in [2.24, 2.45) is 7.05 Å². The summed E-state index contributed by atoms with van der Waals surface area (Å²) in [6.45, 7) is 6.38. The number of amides is 2. The fourth-order valence-electron chi connectivity index (χ4n) is 6.40. The normalized spacial score (nSPS) is 11.7. The summed E-state index contributed by atoms with van der Waals surface area (Å²) >= 11 is 0. The number of imidazole rings is 1. The highest BCUT2D eigenvalue weighted by Gasteiger charge is 2.22. The second-order valence-electron chi connectivity index (χ2n) is 13.7. The molecule has 338 valence electrons. The molecular formula is C43H53FN8O11. The van der Waals surface area contributed by atoms with Crippen LogP contribution in [0.5, 0.6) is 11.5 Å². The van der Waals surface area contributed by atoms with Gasteiger partial charge in [-0.2, -0.15) is 0 Å². The molecule has 1 atom stereocenters. The molecule has 3 aromatic heterocycles. The Bertz CT molecular complexity index is 2360. The van der Waals surface area contributed by atoms with E-state index in [2.05, 4.69) is 30.9 Å². The molecule has 0 bridgehead atoms. The molecular weight excluding hydrogens is 824 g/mol. The number of carbonyl (C=O) groups excluding carboxylic acids is 3. The molecule has 0 fully saturated rings. The number of aryl methyl sites for hydroxylation is 1. The maximum Gasteiger partial charge on any atom is 0.329 e. The summed E-state index contributed by atoms with van der Waals surface area (Å²) in [5.41, 5.74) is 2.58. The summed E-state index contributed by atoms with van der Waals surface area (Å²) < 4.78 is 55.5. The van der Waals surface area contributed by atoms with Gasteiger partial charge in [0.25, 0.3) is 11.8 Å². The second kappa shape index (κ2) is 24.4. The lowest BCUT2D eigenvalue weighted by molar-refractivity contribution is -0.121. The van der Waals surface area contributed by atoms with E-state index in [-0.39, 0.29) is 48.5 Å². The van der Waals surface area contributed by atoms with Crippen LogP contribution in [0.3, 0.4) is 0 Å². The van der Waals surface area contributed by atoms with E-state index in [0.29, 0.717) is 98.7 Å². The smallest absolute Gasteiger partial charge is 0.329 e. The minimum atomic E-state index is -0.581. The zero-order valence-corrected chi connectivity index (χ0v) is 35.9. The number of carbonyl (C=O) groups is 3. The van der Waals surface area contributed by atoms with Gasteiger partial charge in [0.2, 0.25) is 0 Å². The fourth-order valence-corrected chi connectivity index (χ4v) is 6.40. The number of rotatable bonds is 27. The van der Waals surface area contributed by atoms with Crippen LogP contribution >= 0.6 is 0 Å². The molecule has 0 saturated heterocycles. The summed E-state index contributed by atoms with van der Waals surface area (Å²) in [5, 5.41) is 8.40. The van der Waals surface area contributed by atoms with Gasteiger partial charge < -0.3 is 49.1 Å². The minimum Gasteiger partial charge on any atom is -0.494 e. The average Bonchev–Trinajstić information content (AvgIpc) is 3.52. The molecule has 0 spiro atoms. The van der Waals surface area contributed by atoms with E-state index >= 15 is 0 Å². The SMILES string of the molecule is CCC(C(C)=O)n1c(=O)n(C)c2cc(OCCOCCOCCOCCOCCOCC(=O)Nc3cc(Nc4cccc(-c5ncc(F)cn5)c4OC)c(C(=O)NC)cn3)ccc21. The Hall–Kier alpha value is -6.32. The van der Waals surface area contributed by atoms with E-state index in [9.17, 15) is 23.6 Å². The third-order valence-corrected chi connectivity index (χ3v) is 9.44. The standard InChI is InChI=1S/C43H53FN8O11/c1-6-35(28(2)53)52-36-11-10-30(22-37(36)51(4)43(52)56)63-21-20-61-17-16-59-13-12-58-14-15-60-18-19-62-27-39(54)50-38-23-34(32(26-46-38)42(55)45-3)49-33-9-7-8-31(40(33)57-5)41-47-24-29(44)25-48-41/h7-11,22-26,35H,6,12-21,27H2,1-5H3,(H,45,55)(H2,46,49,50,54). The molecule has 0 aliphatic heterocycles. The number of hydrogen-bond donors (Lipinski definition) is 3. The summed E-state index contributed by atoms with van der Waals surface area (Å²) in [6, 6.07) is 11.5. The topological polar surface area (TPSA) is 218 Å². The fraction of sp³-hybridized carbons (Fsp3) is 0.419. The van der Waals surface area contributed by atoms with Gasteiger partial charge in [-0.05, 0) is 37.6 Å². The van der Waals surface area contributed by atoms with Crippen molar-refractivity contribution < 1.29 is 51.9 Å². The van der Waals surface area contributed by atoms with Gasteiger partial charge in [-0.15, -0.1) is 0 Å². The zero-order valence-electron chi connectivity index (χ0n) is 35.9. The van der Waals surface area contributed by atoms with Crippen LogP contribution in [-0.4, -0.2) is 129 Å². The van der Waals surface area contributed by atoms with E-state index in [1.807, 2.05) is 6.92 Å². The molecule has 5 rings (SSSR count). The number of ether oxygens (including phenoxy) is 7. The van der Waals surface area contributed by atoms with E-state index in [4.69, 9.17) is 33.2 Å². The minimum absolute atomic E-state index is 0.0610. The summed E-state index contributed by atoms with van der Waals surface area (Å²) in [4.78, 5) is 62.6. The van der Waals surface area contributed by atoms with Gasteiger partial charge in [0.05, 0.1) is 119 Å². The Kier molecular flexibility index (Phi) is 18.4. The number of hydrogen-bond acceptors (Lipinski definition) is 15. The number of nitrogens with zero attached hydrogens (tertiary/aromatic N) is 5. The Morgan fingerprint density at radius 3 is 2.03 bits per heavy atom. The average molecular weight is 877 g/mol. The Morgan fingerprint density at radius 2 is 1.43 bits per heavy atom. The van der Waals surface area contributed by atoms with Crippen molar-refractivity contribution in [2.45, 2.75) is 26.3 Å². The van der Waals surface area contributed by atoms with Crippen LogP contribution in [0.4, 0.5) is 21.6 Å². The highest BCUT2D eigenvalue weighted by Crippen LogP contribution is 2.37. The van der Waals surface area contributed by atoms with Gasteiger partial charge >= 0.3 is 5.69 Å². The van der Waals surface area contributed by atoms with Crippen molar-refractivity contribution in [3.8, 4) is 22.9 Å².